The molecule has 0 bridgehead atoms. The predicted molar refractivity (Wildman–Crippen MR) is 123 cm³/mol. The van der Waals surface area contributed by atoms with E-state index in [4.69, 9.17) is 11.6 Å². The Morgan fingerprint density at radius 2 is 1.58 bits per heavy atom. The van der Waals surface area contributed by atoms with Gasteiger partial charge in [0.25, 0.3) is 0 Å². The minimum Gasteiger partial charge on any atom is -0.368 e. The Kier molecular flexibility index (Phi) is 7.36. The summed E-state index contributed by atoms with van der Waals surface area (Å²) in [7, 11) is 0. The third-order valence-corrected chi connectivity index (χ3v) is 5.16. The van der Waals surface area contributed by atoms with Crippen LogP contribution in [-0.2, 0) is 9.59 Å². The summed E-state index contributed by atoms with van der Waals surface area (Å²) in [6.07, 6.45) is 0. The fourth-order valence-corrected chi connectivity index (χ4v) is 3.50. The van der Waals surface area contributed by atoms with Crippen LogP contribution >= 0.6 is 11.6 Å². The van der Waals surface area contributed by atoms with E-state index in [9.17, 15) is 14.4 Å². The molecule has 0 radical (unpaired) electrons. The molecule has 0 aliphatic carbocycles. The summed E-state index contributed by atoms with van der Waals surface area (Å²) in [5.74, 6) is -0.537. The summed E-state index contributed by atoms with van der Waals surface area (Å²) in [5, 5.41) is 8.84. The molecule has 0 spiro atoms. The highest BCUT2D eigenvalue weighted by atomic mass is 35.5. The van der Waals surface area contributed by atoms with Crippen LogP contribution in [0.5, 0.6) is 0 Å². The second-order valence-corrected chi connectivity index (χ2v) is 7.81. The summed E-state index contributed by atoms with van der Waals surface area (Å²) < 4.78 is 0. The van der Waals surface area contributed by atoms with E-state index in [2.05, 4.69) is 20.9 Å². The van der Waals surface area contributed by atoms with Gasteiger partial charge in [-0.05, 0) is 43.3 Å². The lowest BCUT2D eigenvalue weighted by molar-refractivity contribution is -0.117. The number of carbonyl (C=O) groups excluding carboxylic acids is 3. The minimum absolute atomic E-state index is 0.195. The zero-order valence-corrected chi connectivity index (χ0v) is 18.3. The second-order valence-electron chi connectivity index (χ2n) is 7.38. The molecular weight excluding hydrogens is 418 g/mol. The fraction of sp³-hybridized carbons (Fsp3) is 0.318. The Bertz CT molecular complexity index is 960. The van der Waals surface area contributed by atoms with Crippen molar-refractivity contribution in [1.29, 1.82) is 0 Å². The molecule has 1 saturated heterocycles. The van der Waals surface area contributed by atoms with Gasteiger partial charge in [0.1, 0.15) is 6.04 Å². The van der Waals surface area contributed by atoms with Crippen LogP contribution in [0.3, 0.4) is 0 Å². The van der Waals surface area contributed by atoms with Crippen molar-refractivity contribution in [2.24, 2.45) is 0 Å². The first-order valence-corrected chi connectivity index (χ1v) is 10.4. The average Bonchev–Trinajstić information content (AvgIpc) is 2.73. The molecule has 1 aliphatic heterocycles. The van der Waals surface area contributed by atoms with Gasteiger partial charge in [0.05, 0.1) is 0 Å². The molecule has 1 atom stereocenters. The SMILES string of the molecule is CC(=O)Nc1cccc(NC(=O)[C@H](C)NC(=O)N2CCN(c3cccc(Cl)c3)CC2)c1. The van der Waals surface area contributed by atoms with Crippen LogP contribution < -0.4 is 20.9 Å². The van der Waals surface area contributed by atoms with Gasteiger partial charge in [-0.15, -0.1) is 0 Å². The lowest BCUT2D eigenvalue weighted by Crippen LogP contribution is -2.54. The van der Waals surface area contributed by atoms with E-state index in [0.717, 1.165) is 5.69 Å². The molecule has 3 rings (SSSR count). The van der Waals surface area contributed by atoms with E-state index in [1.165, 1.54) is 6.92 Å². The maximum atomic E-state index is 12.6. The van der Waals surface area contributed by atoms with E-state index in [1.807, 2.05) is 24.3 Å². The fourth-order valence-electron chi connectivity index (χ4n) is 3.31. The average molecular weight is 444 g/mol. The van der Waals surface area contributed by atoms with Gasteiger partial charge < -0.3 is 25.8 Å². The molecule has 2 aromatic rings. The van der Waals surface area contributed by atoms with E-state index in [0.29, 0.717) is 42.6 Å². The van der Waals surface area contributed by atoms with Crippen LogP contribution in [0.25, 0.3) is 0 Å². The van der Waals surface area contributed by atoms with Crippen molar-refractivity contribution in [3.8, 4) is 0 Å². The van der Waals surface area contributed by atoms with Crippen LogP contribution in [-0.4, -0.2) is 55.0 Å². The molecule has 2 aromatic carbocycles. The molecule has 8 nitrogen and oxygen atoms in total. The van der Waals surface area contributed by atoms with Gasteiger partial charge in [-0.3, -0.25) is 9.59 Å². The number of urea groups is 1. The summed E-state index contributed by atoms with van der Waals surface area (Å²) in [4.78, 5) is 40.1. The smallest absolute Gasteiger partial charge is 0.318 e. The maximum absolute atomic E-state index is 12.6. The molecule has 1 aliphatic rings. The second kappa shape index (κ2) is 10.2. The van der Waals surface area contributed by atoms with E-state index in [-0.39, 0.29) is 17.8 Å². The van der Waals surface area contributed by atoms with E-state index >= 15 is 0 Å². The summed E-state index contributed by atoms with van der Waals surface area (Å²) in [6.45, 7) is 5.51. The van der Waals surface area contributed by atoms with Crippen LogP contribution in [0.2, 0.25) is 5.02 Å². The molecule has 0 aromatic heterocycles. The van der Waals surface area contributed by atoms with Crippen LogP contribution in [0.1, 0.15) is 13.8 Å². The first kappa shape index (κ1) is 22.4. The number of halogens is 1. The van der Waals surface area contributed by atoms with Gasteiger partial charge in [-0.25, -0.2) is 4.79 Å². The summed E-state index contributed by atoms with van der Waals surface area (Å²) in [5.41, 5.74) is 2.15. The van der Waals surface area contributed by atoms with E-state index < -0.39 is 6.04 Å². The highest BCUT2D eigenvalue weighted by Crippen LogP contribution is 2.21. The molecule has 9 heteroatoms. The topological polar surface area (TPSA) is 93.8 Å². The first-order chi connectivity index (χ1) is 14.8. The summed E-state index contributed by atoms with van der Waals surface area (Å²) in [6, 6.07) is 13.5. The van der Waals surface area contributed by atoms with Crippen molar-refractivity contribution in [2.45, 2.75) is 19.9 Å². The maximum Gasteiger partial charge on any atom is 0.318 e. The Labute approximate surface area is 186 Å². The minimum atomic E-state index is -0.720. The highest BCUT2D eigenvalue weighted by molar-refractivity contribution is 6.30. The number of nitrogens with one attached hydrogen (secondary N) is 3. The number of nitrogens with zero attached hydrogens (tertiary/aromatic N) is 2. The van der Waals surface area contributed by atoms with E-state index in [1.54, 1.807) is 36.1 Å². The zero-order valence-electron chi connectivity index (χ0n) is 17.5. The zero-order chi connectivity index (χ0) is 22.4. The number of hydrogen-bond acceptors (Lipinski definition) is 4. The molecule has 1 fully saturated rings. The number of benzene rings is 2. The van der Waals surface area contributed by atoms with Gasteiger partial charge in [0.2, 0.25) is 11.8 Å². The van der Waals surface area contributed by atoms with Crippen molar-refractivity contribution >= 4 is 46.5 Å². The van der Waals surface area contributed by atoms with Gasteiger partial charge in [-0.2, -0.15) is 0 Å². The Morgan fingerprint density at radius 3 is 2.23 bits per heavy atom. The number of rotatable bonds is 5. The van der Waals surface area contributed by atoms with Crippen LogP contribution in [0, 0.1) is 0 Å². The molecular formula is C22H26ClN5O3. The van der Waals surface area contributed by atoms with Crippen LogP contribution in [0.15, 0.2) is 48.5 Å². The predicted octanol–water partition coefficient (Wildman–Crippen LogP) is 3.16. The third-order valence-electron chi connectivity index (χ3n) is 4.92. The van der Waals surface area contributed by atoms with Crippen molar-refractivity contribution in [3.05, 3.63) is 53.6 Å². The highest BCUT2D eigenvalue weighted by Gasteiger charge is 2.24. The van der Waals surface area contributed by atoms with Crippen molar-refractivity contribution in [2.75, 3.05) is 41.7 Å². The molecule has 31 heavy (non-hydrogen) atoms. The number of carbonyl (C=O) groups is 3. The Balaban J connectivity index is 1.49. The number of anilines is 3. The number of amides is 4. The van der Waals surface area contributed by atoms with Gasteiger partial charge in [0, 0.05) is 55.2 Å². The standard InChI is InChI=1S/C22H26ClN5O3/c1-15(21(30)26-19-7-4-6-18(14-19)25-16(2)29)24-22(31)28-11-9-27(10-12-28)20-8-3-5-17(23)13-20/h3-8,13-15H,9-12H2,1-2H3,(H,24,31)(H,25,29)(H,26,30)/t15-/m0/s1. The largest absolute Gasteiger partial charge is 0.368 e. The Morgan fingerprint density at radius 1 is 0.935 bits per heavy atom. The lowest BCUT2D eigenvalue weighted by Gasteiger charge is -2.36. The molecule has 3 N–H and O–H groups in total. The monoisotopic (exact) mass is 443 g/mol. The summed E-state index contributed by atoms with van der Waals surface area (Å²) >= 11 is 6.06. The lowest BCUT2D eigenvalue weighted by atomic mass is 10.2. The van der Waals surface area contributed by atoms with Crippen molar-refractivity contribution in [1.82, 2.24) is 10.2 Å². The van der Waals surface area contributed by atoms with Gasteiger partial charge in [0.15, 0.2) is 0 Å². The molecule has 0 unspecified atom stereocenters. The quantitative estimate of drug-likeness (QED) is 0.661. The van der Waals surface area contributed by atoms with Crippen molar-refractivity contribution < 1.29 is 14.4 Å². The van der Waals surface area contributed by atoms with Gasteiger partial charge in [-0.1, -0.05) is 23.7 Å². The molecule has 0 saturated carbocycles. The number of piperazine rings is 1. The van der Waals surface area contributed by atoms with Gasteiger partial charge >= 0.3 is 6.03 Å². The van der Waals surface area contributed by atoms with Crippen LogP contribution in [0.4, 0.5) is 21.9 Å². The molecule has 164 valence electrons. The first-order valence-electron chi connectivity index (χ1n) is 10.1. The molecule has 4 amide bonds. The third kappa shape index (κ3) is 6.36. The Hall–Kier alpha value is -3.26. The normalized spacial score (nSPS) is 14.5. The van der Waals surface area contributed by atoms with Crippen molar-refractivity contribution in [3.63, 3.8) is 0 Å². The number of hydrogen-bond donors (Lipinski definition) is 3. The molecule has 1 heterocycles.